The summed E-state index contributed by atoms with van der Waals surface area (Å²) in [5, 5.41) is 3.45. The van der Waals surface area contributed by atoms with E-state index in [1.54, 1.807) is 24.3 Å². The third-order valence-corrected chi connectivity index (χ3v) is 9.79. The Hall–Kier alpha value is -4.14. The van der Waals surface area contributed by atoms with Gasteiger partial charge in [0.05, 0.1) is 10.6 Å². The van der Waals surface area contributed by atoms with Crippen molar-refractivity contribution in [1.29, 1.82) is 0 Å². The number of halogens is 1. The molecule has 4 rings (SSSR count). The van der Waals surface area contributed by atoms with Gasteiger partial charge in [0.15, 0.2) is 0 Å². The average molecular weight is 646 g/mol. The maximum atomic E-state index is 14.5. The molecule has 4 aromatic carbocycles. The van der Waals surface area contributed by atoms with Crippen LogP contribution in [0.15, 0.2) is 108 Å². The molecule has 1 N–H and O–H groups in total. The minimum absolute atomic E-state index is 0.000656. The van der Waals surface area contributed by atoms with E-state index in [-0.39, 0.29) is 29.8 Å². The first-order valence-corrected chi connectivity index (χ1v) is 16.8. The number of anilines is 1. The predicted molar refractivity (Wildman–Crippen MR) is 181 cm³/mol. The Morgan fingerprint density at radius 3 is 1.96 bits per heavy atom. The lowest BCUT2D eigenvalue weighted by atomic mass is 10.0. The lowest BCUT2D eigenvalue weighted by Crippen LogP contribution is -2.54. The van der Waals surface area contributed by atoms with Crippen molar-refractivity contribution in [2.24, 2.45) is 0 Å². The number of nitrogens with one attached hydrogen (secondary N) is 1. The van der Waals surface area contributed by atoms with Gasteiger partial charge in [-0.25, -0.2) is 8.42 Å². The summed E-state index contributed by atoms with van der Waals surface area (Å²) in [7, 11) is -4.19. The topological polar surface area (TPSA) is 86.8 Å². The summed E-state index contributed by atoms with van der Waals surface area (Å²) < 4.78 is 29.3. The minimum atomic E-state index is -4.19. The van der Waals surface area contributed by atoms with Gasteiger partial charge in [-0.3, -0.25) is 13.9 Å². The zero-order valence-corrected chi connectivity index (χ0v) is 27.7. The summed E-state index contributed by atoms with van der Waals surface area (Å²) in [6.45, 7) is 7.38. The molecule has 7 nitrogen and oxygen atoms in total. The van der Waals surface area contributed by atoms with Crippen LogP contribution in [0, 0.1) is 13.8 Å². The van der Waals surface area contributed by atoms with Crippen molar-refractivity contribution in [3.8, 4) is 0 Å². The Morgan fingerprint density at radius 2 is 1.38 bits per heavy atom. The van der Waals surface area contributed by atoms with Crippen molar-refractivity contribution in [2.75, 3.05) is 10.8 Å². The van der Waals surface area contributed by atoms with E-state index < -0.39 is 28.5 Å². The molecule has 2 atom stereocenters. The molecule has 0 bridgehead atoms. The van der Waals surface area contributed by atoms with E-state index in [4.69, 9.17) is 11.6 Å². The van der Waals surface area contributed by atoms with E-state index in [1.807, 2.05) is 82.3 Å². The van der Waals surface area contributed by atoms with Crippen LogP contribution in [-0.2, 0) is 32.6 Å². The summed E-state index contributed by atoms with van der Waals surface area (Å²) in [6.07, 6.45) is 0.978. The van der Waals surface area contributed by atoms with E-state index in [0.29, 0.717) is 10.7 Å². The van der Waals surface area contributed by atoms with Gasteiger partial charge >= 0.3 is 0 Å². The highest BCUT2D eigenvalue weighted by Gasteiger charge is 2.35. The van der Waals surface area contributed by atoms with E-state index in [9.17, 15) is 18.0 Å². The summed E-state index contributed by atoms with van der Waals surface area (Å²) in [6, 6.07) is 29.1. The number of carbonyl (C=O) groups is 2. The summed E-state index contributed by atoms with van der Waals surface area (Å²) >= 11 is 6.06. The number of rotatable bonds is 13. The van der Waals surface area contributed by atoms with Gasteiger partial charge in [0.2, 0.25) is 11.8 Å². The molecule has 0 fully saturated rings. The first-order chi connectivity index (χ1) is 21.5. The lowest BCUT2D eigenvalue weighted by molar-refractivity contribution is -0.140. The average Bonchev–Trinajstić information content (AvgIpc) is 3.03. The largest absolute Gasteiger partial charge is 0.352 e. The molecule has 0 unspecified atom stereocenters. The zero-order valence-electron chi connectivity index (χ0n) is 26.1. The molecular weight excluding hydrogens is 606 g/mol. The quantitative estimate of drug-likeness (QED) is 0.175. The van der Waals surface area contributed by atoms with Crippen LogP contribution in [0.4, 0.5) is 5.69 Å². The third kappa shape index (κ3) is 8.96. The normalized spacial score (nSPS) is 12.6. The Balaban J connectivity index is 1.80. The number of aryl methyl sites for hydroxylation is 2. The van der Waals surface area contributed by atoms with Crippen LogP contribution in [0.5, 0.6) is 0 Å². The van der Waals surface area contributed by atoms with Crippen molar-refractivity contribution in [2.45, 2.75) is 64.1 Å². The number of amides is 2. The molecule has 2 amide bonds. The summed E-state index contributed by atoms with van der Waals surface area (Å²) in [4.78, 5) is 29.9. The highest BCUT2D eigenvalue weighted by atomic mass is 35.5. The molecule has 0 aliphatic rings. The number of nitrogens with zero attached hydrogens (tertiary/aromatic N) is 2. The van der Waals surface area contributed by atoms with Gasteiger partial charge in [0, 0.05) is 24.0 Å². The van der Waals surface area contributed by atoms with Gasteiger partial charge in [-0.15, -0.1) is 0 Å². The minimum Gasteiger partial charge on any atom is -0.352 e. The predicted octanol–water partition coefficient (Wildman–Crippen LogP) is 6.71. The molecule has 4 aromatic rings. The van der Waals surface area contributed by atoms with Gasteiger partial charge in [0.1, 0.15) is 12.6 Å². The van der Waals surface area contributed by atoms with Gasteiger partial charge in [-0.05, 0) is 74.7 Å². The van der Waals surface area contributed by atoms with Crippen molar-refractivity contribution in [3.63, 3.8) is 0 Å². The monoisotopic (exact) mass is 645 g/mol. The number of carbonyl (C=O) groups excluding carboxylic acids is 2. The van der Waals surface area contributed by atoms with Gasteiger partial charge in [-0.1, -0.05) is 96.4 Å². The Morgan fingerprint density at radius 1 is 0.800 bits per heavy atom. The molecule has 0 aliphatic carbocycles. The van der Waals surface area contributed by atoms with Crippen LogP contribution in [-0.4, -0.2) is 43.8 Å². The molecule has 0 aliphatic heterocycles. The van der Waals surface area contributed by atoms with Crippen molar-refractivity contribution in [3.05, 3.63) is 130 Å². The fraction of sp³-hybridized carbons (Fsp3) is 0.278. The molecule has 0 radical (unpaired) electrons. The van der Waals surface area contributed by atoms with Crippen LogP contribution in [0.1, 0.15) is 42.5 Å². The SMILES string of the molecule is CC[C@H](C)NC(=O)[C@@H](Cc1ccccc1)N(Cc1ccc(C)cc1)C(=O)CN(c1ccc(C)cc1)S(=O)(=O)c1ccc(Cl)cc1. The first kappa shape index (κ1) is 33.7. The second-order valence-corrected chi connectivity index (χ2v) is 13.6. The maximum Gasteiger partial charge on any atom is 0.264 e. The lowest BCUT2D eigenvalue weighted by Gasteiger charge is -2.34. The smallest absolute Gasteiger partial charge is 0.264 e. The fourth-order valence-electron chi connectivity index (χ4n) is 4.86. The molecule has 0 heterocycles. The Bertz CT molecular complexity index is 1680. The van der Waals surface area contributed by atoms with E-state index >= 15 is 0 Å². The zero-order chi connectivity index (χ0) is 32.6. The van der Waals surface area contributed by atoms with Crippen LogP contribution >= 0.6 is 11.6 Å². The molecule has 45 heavy (non-hydrogen) atoms. The van der Waals surface area contributed by atoms with Crippen LogP contribution in [0.25, 0.3) is 0 Å². The number of hydrogen-bond donors (Lipinski definition) is 1. The molecule has 0 saturated carbocycles. The Labute approximate surface area is 271 Å². The van der Waals surface area contributed by atoms with Gasteiger partial charge in [-0.2, -0.15) is 0 Å². The first-order valence-electron chi connectivity index (χ1n) is 15.0. The molecular formula is C36H40ClN3O4S. The maximum absolute atomic E-state index is 14.5. The highest BCUT2D eigenvalue weighted by Crippen LogP contribution is 2.26. The summed E-state index contributed by atoms with van der Waals surface area (Å²) in [5.41, 5.74) is 4.05. The van der Waals surface area contributed by atoms with Crippen LogP contribution in [0.2, 0.25) is 5.02 Å². The van der Waals surface area contributed by atoms with Crippen LogP contribution < -0.4 is 9.62 Å². The van der Waals surface area contributed by atoms with Crippen molar-refractivity contribution >= 4 is 39.1 Å². The molecule has 0 saturated heterocycles. The molecule has 236 valence electrons. The second kappa shape index (κ2) is 15.2. The number of sulfonamides is 1. The second-order valence-electron chi connectivity index (χ2n) is 11.3. The Kier molecular flexibility index (Phi) is 11.4. The summed E-state index contributed by atoms with van der Waals surface area (Å²) in [5.74, 6) is -0.801. The fourth-order valence-corrected chi connectivity index (χ4v) is 6.40. The standard InChI is InChI=1S/C36H40ClN3O4S/c1-5-28(4)38-36(42)34(23-29-9-7-6-8-10-29)39(24-30-15-11-26(2)12-16-30)35(41)25-40(32-19-13-27(3)14-20-32)45(43,44)33-21-17-31(37)18-22-33/h6-22,28,34H,5,23-25H2,1-4H3,(H,38,42)/t28-,34+/m0/s1. The molecule has 0 aromatic heterocycles. The van der Waals surface area contributed by atoms with E-state index in [1.165, 1.54) is 29.2 Å². The van der Waals surface area contributed by atoms with E-state index in [2.05, 4.69) is 5.32 Å². The van der Waals surface area contributed by atoms with Crippen molar-refractivity contribution in [1.82, 2.24) is 10.2 Å². The van der Waals surface area contributed by atoms with Gasteiger partial charge in [0.25, 0.3) is 10.0 Å². The van der Waals surface area contributed by atoms with Crippen LogP contribution in [0.3, 0.4) is 0 Å². The number of benzene rings is 4. The van der Waals surface area contributed by atoms with Gasteiger partial charge < -0.3 is 10.2 Å². The van der Waals surface area contributed by atoms with Crippen molar-refractivity contribution < 1.29 is 18.0 Å². The highest BCUT2D eigenvalue weighted by molar-refractivity contribution is 7.92. The number of hydrogen-bond acceptors (Lipinski definition) is 4. The molecule has 9 heteroatoms. The third-order valence-electron chi connectivity index (χ3n) is 7.75. The molecule has 0 spiro atoms. The van der Waals surface area contributed by atoms with E-state index in [0.717, 1.165) is 33.0 Å².